The highest BCUT2D eigenvalue weighted by Crippen LogP contribution is 2.20. The van der Waals surface area contributed by atoms with Gasteiger partial charge in [0.2, 0.25) is 5.91 Å². The standard InChI is InChI=1S/C18H22ClN3O2S/c1-5-9-22-16(24)13-10-12(19)7-8-14(13)20-17(22)25-11-15(23)21-18(3,4)6-2/h5,7-8,10H,1,6,9,11H2,2-4H3,(H,21,23). The van der Waals surface area contributed by atoms with Crippen LogP contribution in [-0.4, -0.2) is 26.8 Å². The van der Waals surface area contributed by atoms with Crippen molar-refractivity contribution in [2.75, 3.05) is 5.75 Å². The summed E-state index contributed by atoms with van der Waals surface area (Å²) in [5, 5.41) is 4.40. The maximum Gasteiger partial charge on any atom is 0.262 e. The van der Waals surface area contributed by atoms with Crippen molar-refractivity contribution in [1.29, 1.82) is 0 Å². The zero-order valence-electron chi connectivity index (χ0n) is 14.6. The molecule has 0 aliphatic heterocycles. The molecule has 134 valence electrons. The molecule has 1 amide bonds. The second-order valence-electron chi connectivity index (χ2n) is 6.33. The molecule has 2 aromatic rings. The summed E-state index contributed by atoms with van der Waals surface area (Å²) >= 11 is 7.22. The molecule has 0 bridgehead atoms. The highest BCUT2D eigenvalue weighted by molar-refractivity contribution is 7.99. The molecular formula is C18H22ClN3O2S. The Morgan fingerprint density at radius 1 is 1.48 bits per heavy atom. The van der Waals surface area contributed by atoms with Gasteiger partial charge in [0.25, 0.3) is 5.56 Å². The molecule has 1 aromatic carbocycles. The van der Waals surface area contributed by atoms with Crippen LogP contribution in [0.2, 0.25) is 5.02 Å². The van der Waals surface area contributed by atoms with Gasteiger partial charge in [-0.2, -0.15) is 0 Å². The van der Waals surface area contributed by atoms with E-state index in [0.29, 0.717) is 27.6 Å². The predicted octanol–water partition coefficient (Wildman–Crippen LogP) is 3.63. The van der Waals surface area contributed by atoms with Crippen LogP contribution in [-0.2, 0) is 11.3 Å². The Morgan fingerprint density at radius 3 is 2.84 bits per heavy atom. The molecule has 0 aliphatic carbocycles. The first-order chi connectivity index (χ1) is 11.8. The number of amides is 1. The molecule has 0 spiro atoms. The van der Waals surface area contributed by atoms with Crippen molar-refractivity contribution in [3.05, 3.63) is 46.2 Å². The van der Waals surface area contributed by atoms with Crippen molar-refractivity contribution in [3.63, 3.8) is 0 Å². The summed E-state index contributed by atoms with van der Waals surface area (Å²) in [5.74, 6) is 0.0963. The number of thioether (sulfide) groups is 1. The third-order valence-electron chi connectivity index (χ3n) is 3.89. The molecule has 1 heterocycles. The van der Waals surface area contributed by atoms with Crippen molar-refractivity contribution in [2.45, 2.75) is 44.4 Å². The summed E-state index contributed by atoms with van der Waals surface area (Å²) in [4.78, 5) is 29.4. The van der Waals surface area contributed by atoms with Gasteiger partial charge in [-0.25, -0.2) is 4.98 Å². The van der Waals surface area contributed by atoms with Crippen LogP contribution in [0.4, 0.5) is 0 Å². The Labute approximate surface area is 156 Å². The summed E-state index contributed by atoms with van der Waals surface area (Å²) in [6.07, 6.45) is 2.46. The van der Waals surface area contributed by atoms with E-state index >= 15 is 0 Å². The molecule has 0 saturated heterocycles. The monoisotopic (exact) mass is 379 g/mol. The number of carbonyl (C=O) groups excluding carboxylic acids is 1. The molecule has 7 heteroatoms. The molecule has 0 aliphatic rings. The van der Waals surface area contributed by atoms with Gasteiger partial charge in [0.1, 0.15) is 0 Å². The number of carbonyl (C=O) groups is 1. The molecule has 2 rings (SSSR count). The lowest BCUT2D eigenvalue weighted by Crippen LogP contribution is -2.43. The minimum atomic E-state index is -0.258. The molecule has 5 nitrogen and oxygen atoms in total. The molecule has 1 aromatic heterocycles. The third kappa shape index (κ3) is 4.86. The normalized spacial score (nSPS) is 11.5. The van der Waals surface area contributed by atoms with Gasteiger partial charge in [-0.1, -0.05) is 36.4 Å². The van der Waals surface area contributed by atoms with Crippen LogP contribution in [0.25, 0.3) is 10.9 Å². The van der Waals surface area contributed by atoms with Crippen molar-refractivity contribution >= 4 is 40.2 Å². The number of rotatable bonds is 7. The van der Waals surface area contributed by atoms with Crippen LogP contribution in [0.3, 0.4) is 0 Å². The first kappa shape index (κ1) is 19.5. The van der Waals surface area contributed by atoms with Crippen LogP contribution in [0.15, 0.2) is 40.8 Å². The Morgan fingerprint density at radius 2 is 2.20 bits per heavy atom. The highest BCUT2D eigenvalue weighted by Gasteiger charge is 2.19. The molecule has 0 atom stereocenters. The smallest absolute Gasteiger partial charge is 0.262 e. The second kappa shape index (κ2) is 8.06. The SMILES string of the molecule is C=CCn1c(SCC(=O)NC(C)(C)CC)nc2ccc(Cl)cc2c1=O. The first-order valence-corrected chi connectivity index (χ1v) is 9.38. The third-order valence-corrected chi connectivity index (χ3v) is 5.10. The van der Waals surface area contributed by atoms with Crippen molar-refractivity contribution in [3.8, 4) is 0 Å². The number of halogens is 1. The topological polar surface area (TPSA) is 64.0 Å². The van der Waals surface area contributed by atoms with E-state index in [2.05, 4.69) is 16.9 Å². The average Bonchev–Trinajstić information content (AvgIpc) is 2.56. The van der Waals surface area contributed by atoms with Gasteiger partial charge in [0.05, 0.1) is 16.7 Å². The zero-order chi connectivity index (χ0) is 18.6. The number of allylic oxidation sites excluding steroid dienone is 1. The van der Waals surface area contributed by atoms with E-state index in [9.17, 15) is 9.59 Å². The lowest BCUT2D eigenvalue weighted by molar-refractivity contribution is -0.120. The second-order valence-corrected chi connectivity index (χ2v) is 7.71. The first-order valence-electron chi connectivity index (χ1n) is 8.02. The van der Waals surface area contributed by atoms with Crippen LogP contribution in [0, 0.1) is 0 Å². The summed E-state index contributed by atoms with van der Waals surface area (Å²) in [6, 6.07) is 5.01. The Bertz CT molecular complexity index is 861. The Balaban J connectivity index is 2.32. The molecule has 0 unspecified atom stereocenters. The average molecular weight is 380 g/mol. The van der Waals surface area contributed by atoms with E-state index < -0.39 is 0 Å². The Kier molecular flexibility index (Phi) is 6.30. The molecule has 0 radical (unpaired) electrons. The van der Waals surface area contributed by atoms with Gasteiger partial charge in [-0.05, 0) is 38.5 Å². The molecular weight excluding hydrogens is 358 g/mol. The van der Waals surface area contributed by atoms with Crippen molar-refractivity contribution in [1.82, 2.24) is 14.9 Å². The van der Waals surface area contributed by atoms with E-state index in [1.807, 2.05) is 20.8 Å². The van der Waals surface area contributed by atoms with Gasteiger partial charge in [0.15, 0.2) is 5.16 Å². The van der Waals surface area contributed by atoms with E-state index in [4.69, 9.17) is 11.6 Å². The number of benzene rings is 1. The summed E-state index contributed by atoms with van der Waals surface area (Å²) in [5.41, 5.74) is 0.113. The summed E-state index contributed by atoms with van der Waals surface area (Å²) in [7, 11) is 0. The van der Waals surface area contributed by atoms with E-state index in [-0.39, 0.29) is 22.8 Å². The number of aromatic nitrogens is 2. The molecule has 0 fully saturated rings. The minimum absolute atomic E-state index is 0.0903. The van der Waals surface area contributed by atoms with Gasteiger partial charge in [0, 0.05) is 17.1 Å². The number of fused-ring (bicyclic) bond motifs is 1. The lowest BCUT2D eigenvalue weighted by atomic mass is 10.0. The highest BCUT2D eigenvalue weighted by atomic mass is 35.5. The zero-order valence-corrected chi connectivity index (χ0v) is 16.2. The molecule has 1 N–H and O–H groups in total. The van der Waals surface area contributed by atoms with Gasteiger partial charge >= 0.3 is 0 Å². The van der Waals surface area contributed by atoms with Crippen molar-refractivity contribution < 1.29 is 4.79 Å². The predicted molar refractivity (Wildman–Crippen MR) is 104 cm³/mol. The lowest BCUT2D eigenvalue weighted by Gasteiger charge is -2.24. The largest absolute Gasteiger partial charge is 0.351 e. The van der Waals surface area contributed by atoms with Gasteiger partial charge in [-0.3, -0.25) is 14.2 Å². The quantitative estimate of drug-likeness (QED) is 0.453. The van der Waals surface area contributed by atoms with E-state index in [1.165, 1.54) is 16.3 Å². The number of hydrogen-bond donors (Lipinski definition) is 1. The maximum atomic E-state index is 12.7. The molecule has 0 saturated carbocycles. The minimum Gasteiger partial charge on any atom is -0.351 e. The number of nitrogens with one attached hydrogen (secondary N) is 1. The fourth-order valence-corrected chi connectivity index (χ4v) is 3.19. The summed E-state index contributed by atoms with van der Waals surface area (Å²) < 4.78 is 1.51. The van der Waals surface area contributed by atoms with E-state index in [1.54, 1.807) is 24.3 Å². The van der Waals surface area contributed by atoms with Crippen molar-refractivity contribution in [2.24, 2.45) is 0 Å². The fraction of sp³-hybridized carbons (Fsp3) is 0.389. The maximum absolute atomic E-state index is 12.7. The Hall–Kier alpha value is -1.79. The van der Waals surface area contributed by atoms with Crippen LogP contribution in [0.5, 0.6) is 0 Å². The van der Waals surface area contributed by atoms with Crippen LogP contribution < -0.4 is 10.9 Å². The van der Waals surface area contributed by atoms with Crippen LogP contribution >= 0.6 is 23.4 Å². The fourth-order valence-electron chi connectivity index (χ4n) is 2.21. The van der Waals surface area contributed by atoms with Gasteiger partial charge in [-0.15, -0.1) is 6.58 Å². The van der Waals surface area contributed by atoms with Crippen LogP contribution in [0.1, 0.15) is 27.2 Å². The van der Waals surface area contributed by atoms with Gasteiger partial charge < -0.3 is 5.32 Å². The number of hydrogen-bond acceptors (Lipinski definition) is 4. The summed E-state index contributed by atoms with van der Waals surface area (Å²) in [6.45, 7) is 9.97. The molecule has 25 heavy (non-hydrogen) atoms. The number of nitrogens with zero attached hydrogens (tertiary/aromatic N) is 2. The van der Waals surface area contributed by atoms with E-state index in [0.717, 1.165) is 6.42 Å².